The van der Waals surface area contributed by atoms with E-state index in [1.165, 1.54) is 33.6 Å². The van der Waals surface area contributed by atoms with Crippen LogP contribution in [0.15, 0.2) is 218 Å². The molecule has 2 aliphatic carbocycles. The molecule has 12 heteroatoms. The quantitative estimate of drug-likeness (QED) is 0.0807. The first-order valence-corrected chi connectivity index (χ1v) is 33.7. The molecule has 0 aromatic heterocycles. The van der Waals surface area contributed by atoms with Gasteiger partial charge in [-0.2, -0.15) is 0 Å². The van der Waals surface area contributed by atoms with Crippen LogP contribution in [-0.4, -0.2) is 37.8 Å². The van der Waals surface area contributed by atoms with Crippen molar-refractivity contribution in [2.24, 2.45) is 0 Å². The number of aryl methyl sites for hydroxylation is 4. The van der Waals surface area contributed by atoms with Crippen molar-refractivity contribution in [3.05, 3.63) is 240 Å². The predicted octanol–water partition coefficient (Wildman–Crippen LogP) is 23.0. The van der Waals surface area contributed by atoms with Gasteiger partial charge in [-0.15, -0.1) is 47.0 Å². The maximum atomic E-state index is 5.83. The van der Waals surface area contributed by atoms with Gasteiger partial charge in [0.15, 0.2) is 0 Å². The molecule has 0 N–H and O–H groups in total. The maximum absolute atomic E-state index is 5.83. The molecule has 84 heavy (non-hydrogen) atoms. The Hall–Kier alpha value is -5.80. The average Bonchev–Trinajstić information content (AvgIpc) is 2.70. The number of thiocarbonyl (C=S) groups is 4. The minimum absolute atomic E-state index is 0.171. The summed E-state index contributed by atoms with van der Waals surface area (Å²) in [7, 11) is 0. The van der Waals surface area contributed by atoms with E-state index in [0.717, 1.165) is 110 Å². The van der Waals surface area contributed by atoms with Crippen molar-refractivity contribution >= 4 is 170 Å². The van der Waals surface area contributed by atoms with Gasteiger partial charge in [0.1, 0.15) is 0 Å². The second-order valence-electron chi connectivity index (χ2n) is 21.7. The van der Waals surface area contributed by atoms with Gasteiger partial charge < -0.3 is 19.6 Å². The summed E-state index contributed by atoms with van der Waals surface area (Å²) in [5.41, 5.74) is 20.6. The molecule has 426 valence electrons. The van der Waals surface area contributed by atoms with Crippen molar-refractivity contribution in [3.63, 3.8) is 0 Å². The smallest absolute Gasteiger partial charge is 0.0503 e. The van der Waals surface area contributed by atoms with Crippen LogP contribution in [0.2, 0.25) is 0 Å². The SMILES string of the molecule is CC(=S)SC1C=C(N(c2ccc(-c3ccc(N(C4=CC(SC(C)=S)CCC4SC(C)=S)c4ccc(N(c5cccc(C)c5)c5cccc(C)c5)cc4)cc3)cc2)c2ccc(N(c3cccc(C)c3)c3cccc(C)c3)cc2)C(SC(C)=S)CC1. The van der Waals surface area contributed by atoms with E-state index in [9.17, 15) is 0 Å². The summed E-state index contributed by atoms with van der Waals surface area (Å²) in [5, 5.41) is 0.856. The highest BCUT2D eigenvalue weighted by molar-refractivity contribution is 8.24. The Labute approximate surface area is 537 Å². The fourth-order valence-corrected chi connectivity index (χ4v) is 16.5. The van der Waals surface area contributed by atoms with Crippen LogP contribution in [-0.2, 0) is 0 Å². The van der Waals surface area contributed by atoms with E-state index >= 15 is 0 Å². The molecule has 4 unspecified atom stereocenters. The number of hydrogen-bond acceptors (Lipinski definition) is 12. The van der Waals surface area contributed by atoms with E-state index in [4.69, 9.17) is 48.9 Å². The lowest BCUT2D eigenvalue weighted by Crippen LogP contribution is -2.30. The van der Waals surface area contributed by atoms with Crippen molar-refractivity contribution in [3.8, 4) is 11.1 Å². The van der Waals surface area contributed by atoms with Gasteiger partial charge in [0.05, 0.1) is 10.5 Å². The lowest BCUT2D eigenvalue weighted by Gasteiger charge is -2.37. The second kappa shape index (κ2) is 28.1. The summed E-state index contributed by atoms with van der Waals surface area (Å²) in [4.78, 5) is 9.61. The third kappa shape index (κ3) is 15.2. The molecule has 0 radical (unpaired) electrons. The number of anilines is 10. The number of rotatable bonds is 17. The standard InChI is InChI=1S/C72H70N4S8/c1-47-13-9-17-63(41-47)73(64-18-10-14-48(2)42-64)57-29-33-61(34-30-57)75(69-45-67(81-51(5)77)37-39-71(69)83-53(7)79)59-25-21-55(22-26-59)56-23-27-60(28-24-56)76(70-46-68(82-52(6)78)38-40-72(70)84-54(8)80)62-35-31-58(32-36-62)74(65-19-11-15-49(3)43-65)66-20-12-16-50(4)44-66/h9-36,41-46,67-68,71-72H,37-40H2,1-8H3. The summed E-state index contributed by atoms with van der Waals surface area (Å²) in [6, 6.07) is 71.2. The van der Waals surface area contributed by atoms with E-state index in [-0.39, 0.29) is 21.0 Å². The summed E-state index contributed by atoms with van der Waals surface area (Å²) in [5.74, 6) is 0. The van der Waals surface area contributed by atoms with Crippen molar-refractivity contribution in [1.29, 1.82) is 0 Å². The Morgan fingerprint density at radius 2 is 0.560 bits per heavy atom. The Balaban J connectivity index is 1.03. The Morgan fingerprint density at radius 1 is 0.310 bits per heavy atom. The molecule has 4 atom stereocenters. The highest BCUT2D eigenvalue weighted by atomic mass is 32.2. The molecule has 2 aliphatic rings. The fraction of sp³-hybridized carbons (Fsp3) is 0.222. The van der Waals surface area contributed by atoms with E-state index in [2.05, 4.69) is 267 Å². The predicted molar refractivity (Wildman–Crippen MR) is 391 cm³/mol. The first-order chi connectivity index (χ1) is 40.5. The van der Waals surface area contributed by atoms with Crippen molar-refractivity contribution in [1.82, 2.24) is 0 Å². The molecule has 0 heterocycles. The summed E-state index contributed by atoms with van der Waals surface area (Å²) < 4.78 is 3.79. The van der Waals surface area contributed by atoms with E-state index in [1.807, 2.05) is 13.8 Å². The summed E-state index contributed by atoms with van der Waals surface area (Å²) >= 11 is 30.2. The van der Waals surface area contributed by atoms with Gasteiger partial charge >= 0.3 is 0 Å². The molecule has 0 aliphatic heterocycles. The Kier molecular flexibility index (Phi) is 20.5. The molecule has 0 bridgehead atoms. The first-order valence-electron chi connectivity index (χ1n) is 28.5. The van der Waals surface area contributed by atoms with Crippen LogP contribution in [0.1, 0.15) is 75.6 Å². The van der Waals surface area contributed by atoms with Crippen LogP contribution in [0.5, 0.6) is 0 Å². The molecule has 0 saturated heterocycles. The summed E-state index contributed by atoms with van der Waals surface area (Å²) in [6.45, 7) is 16.8. The molecule has 8 aromatic carbocycles. The monoisotopic (exact) mass is 1250 g/mol. The van der Waals surface area contributed by atoms with Crippen LogP contribution >= 0.6 is 95.9 Å². The molecule has 10 rings (SSSR count). The number of nitrogens with zero attached hydrogens (tertiary/aromatic N) is 4. The van der Waals surface area contributed by atoms with Gasteiger partial charge in [-0.25, -0.2) is 0 Å². The van der Waals surface area contributed by atoms with Crippen molar-refractivity contribution in [2.45, 2.75) is 102 Å². The molecule has 0 spiro atoms. The van der Waals surface area contributed by atoms with Crippen LogP contribution in [0.25, 0.3) is 11.1 Å². The molecular formula is C72H70N4S8. The van der Waals surface area contributed by atoms with Crippen LogP contribution in [0, 0.1) is 27.7 Å². The maximum Gasteiger partial charge on any atom is 0.0503 e. The zero-order chi connectivity index (χ0) is 59.0. The van der Waals surface area contributed by atoms with Gasteiger partial charge in [-0.3, -0.25) is 0 Å². The second-order valence-corrected chi connectivity index (χ2v) is 30.9. The molecule has 8 aromatic rings. The Morgan fingerprint density at radius 3 is 0.810 bits per heavy atom. The van der Waals surface area contributed by atoms with Crippen LogP contribution < -0.4 is 19.6 Å². The minimum Gasteiger partial charge on any atom is -0.313 e. The largest absolute Gasteiger partial charge is 0.313 e. The molecule has 0 saturated carbocycles. The molecule has 4 nitrogen and oxygen atoms in total. The van der Waals surface area contributed by atoms with Gasteiger partial charge in [0.25, 0.3) is 0 Å². The highest BCUT2D eigenvalue weighted by Crippen LogP contribution is 2.47. The van der Waals surface area contributed by atoms with Crippen LogP contribution in [0.3, 0.4) is 0 Å². The van der Waals surface area contributed by atoms with Gasteiger partial charge in [0, 0.05) is 95.6 Å². The topological polar surface area (TPSA) is 13.0 Å². The van der Waals surface area contributed by atoms with E-state index in [0.29, 0.717) is 0 Å². The first kappa shape index (κ1) is 61.3. The zero-order valence-electron chi connectivity index (χ0n) is 48.8. The van der Waals surface area contributed by atoms with Crippen molar-refractivity contribution in [2.75, 3.05) is 19.6 Å². The minimum atomic E-state index is 0.171. The summed E-state index contributed by atoms with van der Waals surface area (Å²) in [6.07, 6.45) is 8.95. The normalized spacial score (nSPS) is 16.7. The van der Waals surface area contributed by atoms with Crippen molar-refractivity contribution < 1.29 is 0 Å². The van der Waals surface area contributed by atoms with E-state index in [1.54, 1.807) is 47.0 Å². The van der Waals surface area contributed by atoms with Gasteiger partial charge in [-0.1, -0.05) is 134 Å². The van der Waals surface area contributed by atoms with Gasteiger partial charge in [0.2, 0.25) is 0 Å². The average molecular weight is 1250 g/mol. The number of benzene rings is 8. The Bertz CT molecular complexity index is 3410. The third-order valence-electron chi connectivity index (χ3n) is 14.9. The molecule has 0 amide bonds. The number of thioether (sulfide) groups is 4. The lowest BCUT2D eigenvalue weighted by atomic mass is 9.99. The van der Waals surface area contributed by atoms with Gasteiger partial charge in [-0.05, 0) is 236 Å². The molecular weight excluding hydrogens is 1180 g/mol. The van der Waals surface area contributed by atoms with Crippen LogP contribution in [0.4, 0.5) is 56.9 Å². The number of hydrogen-bond donors (Lipinski definition) is 0. The zero-order valence-corrected chi connectivity index (χ0v) is 55.4. The fourth-order valence-electron chi connectivity index (χ4n) is 11.3. The highest BCUT2D eigenvalue weighted by Gasteiger charge is 2.32. The molecule has 0 fully saturated rings. The van der Waals surface area contributed by atoms with E-state index < -0.39 is 0 Å². The lowest BCUT2D eigenvalue weighted by molar-refractivity contribution is 0.716. The third-order valence-corrected chi connectivity index (χ3v) is 20.3.